The molecule has 2 aliphatic carbocycles. The zero-order chi connectivity index (χ0) is 14.2. The van der Waals surface area contributed by atoms with Crippen LogP contribution in [0.1, 0.15) is 71.1 Å². The molecular weight excluding hydrogens is 252 g/mol. The molecule has 2 amide bonds. The molecule has 3 rings (SSSR count). The van der Waals surface area contributed by atoms with Crippen LogP contribution >= 0.6 is 0 Å². The lowest BCUT2D eigenvalue weighted by atomic mass is 9.75. The Balaban J connectivity index is 1.95. The first-order valence-electron chi connectivity index (χ1n) is 8.29. The second kappa shape index (κ2) is 5.05. The van der Waals surface area contributed by atoms with Gasteiger partial charge in [0.05, 0.1) is 0 Å². The van der Waals surface area contributed by atoms with Crippen LogP contribution in [0.5, 0.6) is 0 Å². The minimum atomic E-state index is -0.561. The average molecular weight is 278 g/mol. The van der Waals surface area contributed by atoms with E-state index in [1.54, 1.807) is 0 Å². The standard InChI is InChI=1S/C16H26N2O2/c1-2-12-18-14(20)15(8-6-7-9-15)17-13(19)16(18)10-4-3-5-11-16/h2-12H2,1H3,(H,17,19). The maximum atomic E-state index is 13.1. The summed E-state index contributed by atoms with van der Waals surface area (Å²) in [7, 11) is 0. The fourth-order valence-corrected chi connectivity index (χ4v) is 4.45. The summed E-state index contributed by atoms with van der Waals surface area (Å²) >= 11 is 0. The van der Waals surface area contributed by atoms with Gasteiger partial charge in [0.25, 0.3) is 0 Å². The van der Waals surface area contributed by atoms with Crippen LogP contribution in [0.2, 0.25) is 0 Å². The van der Waals surface area contributed by atoms with Gasteiger partial charge in [-0.2, -0.15) is 0 Å². The van der Waals surface area contributed by atoms with Gasteiger partial charge in [-0.15, -0.1) is 0 Å². The summed E-state index contributed by atoms with van der Waals surface area (Å²) in [6.45, 7) is 2.83. The van der Waals surface area contributed by atoms with E-state index in [-0.39, 0.29) is 11.8 Å². The van der Waals surface area contributed by atoms with E-state index in [2.05, 4.69) is 12.2 Å². The molecule has 1 N–H and O–H groups in total. The average Bonchev–Trinajstić information content (AvgIpc) is 2.93. The first-order chi connectivity index (χ1) is 9.65. The second-order valence-corrected chi connectivity index (χ2v) is 6.79. The quantitative estimate of drug-likeness (QED) is 0.843. The Morgan fingerprint density at radius 3 is 2.20 bits per heavy atom. The monoisotopic (exact) mass is 278 g/mol. The first kappa shape index (κ1) is 13.9. The molecule has 0 bridgehead atoms. The molecule has 2 saturated carbocycles. The highest BCUT2D eigenvalue weighted by Gasteiger charge is 2.58. The molecule has 4 heteroatoms. The molecule has 0 aromatic carbocycles. The molecule has 0 atom stereocenters. The molecule has 2 spiro atoms. The third kappa shape index (κ3) is 1.87. The van der Waals surface area contributed by atoms with Gasteiger partial charge in [0.2, 0.25) is 11.8 Å². The maximum absolute atomic E-state index is 13.1. The number of piperazine rings is 1. The lowest BCUT2D eigenvalue weighted by Crippen LogP contribution is -2.75. The maximum Gasteiger partial charge on any atom is 0.249 e. The van der Waals surface area contributed by atoms with Gasteiger partial charge in [-0.05, 0) is 32.1 Å². The van der Waals surface area contributed by atoms with E-state index in [0.29, 0.717) is 0 Å². The van der Waals surface area contributed by atoms with Crippen LogP contribution in [-0.2, 0) is 9.59 Å². The van der Waals surface area contributed by atoms with Gasteiger partial charge in [-0.3, -0.25) is 9.59 Å². The lowest BCUT2D eigenvalue weighted by Gasteiger charge is -2.53. The Labute approximate surface area is 121 Å². The highest BCUT2D eigenvalue weighted by molar-refractivity contribution is 6.02. The number of carbonyl (C=O) groups excluding carboxylic acids is 2. The summed E-state index contributed by atoms with van der Waals surface area (Å²) in [5.41, 5.74) is -1.09. The molecule has 1 heterocycles. The Kier molecular flexibility index (Phi) is 3.51. The van der Waals surface area contributed by atoms with Crippen molar-refractivity contribution in [1.82, 2.24) is 10.2 Å². The van der Waals surface area contributed by atoms with Crippen molar-refractivity contribution in [3.63, 3.8) is 0 Å². The van der Waals surface area contributed by atoms with Gasteiger partial charge < -0.3 is 10.2 Å². The van der Waals surface area contributed by atoms with E-state index in [9.17, 15) is 9.59 Å². The molecule has 3 fully saturated rings. The van der Waals surface area contributed by atoms with E-state index >= 15 is 0 Å². The first-order valence-corrected chi connectivity index (χ1v) is 8.29. The van der Waals surface area contributed by atoms with Gasteiger partial charge in [-0.1, -0.05) is 39.0 Å². The molecule has 0 aromatic rings. The molecule has 20 heavy (non-hydrogen) atoms. The molecule has 0 aromatic heterocycles. The van der Waals surface area contributed by atoms with Crippen LogP contribution in [0.15, 0.2) is 0 Å². The van der Waals surface area contributed by atoms with Crippen molar-refractivity contribution < 1.29 is 9.59 Å². The van der Waals surface area contributed by atoms with Crippen LogP contribution in [-0.4, -0.2) is 34.3 Å². The lowest BCUT2D eigenvalue weighted by molar-refractivity contribution is -0.165. The fourth-order valence-electron chi connectivity index (χ4n) is 4.45. The SMILES string of the molecule is CCCN1C(=O)C2(CCCC2)NC(=O)C12CCCCC2. The van der Waals surface area contributed by atoms with Crippen molar-refractivity contribution in [2.75, 3.05) is 6.54 Å². The normalized spacial score (nSPS) is 28.1. The number of carbonyl (C=O) groups is 2. The van der Waals surface area contributed by atoms with Crippen LogP contribution < -0.4 is 5.32 Å². The van der Waals surface area contributed by atoms with Crippen LogP contribution in [0.3, 0.4) is 0 Å². The summed E-state index contributed by atoms with van der Waals surface area (Å²) < 4.78 is 0. The van der Waals surface area contributed by atoms with E-state index in [4.69, 9.17) is 0 Å². The second-order valence-electron chi connectivity index (χ2n) is 6.79. The topological polar surface area (TPSA) is 49.4 Å². The molecule has 4 nitrogen and oxygen atoms in total. The van der Waals surface area contributed by atoms with E-state index in [1.807, 2.05) is 4.90 Å². The molecular formula is C16H26N2O2. The summed E-state index contributed by atoms with van der Waals surface area (Å²) in [6.07, 6.45) is 9.70. The number of hydrogen-bond acceptors (Lipinski definition) is 2. The largest absolute Gasteiger partial charge is 0.340 e. The van der Waals surface area contributed by atoms with Crippen molar-refractivity contribution >= 4 is 11.8 Å². The molecule has 112 valence electrons. The third-order valence-corrected chi connectivity index (χ3v) is 5.53. The van der Waals surface area contributed by atoms with Crippen molar-refractivity contribution in [3.05, 3.63) is 0 Å². The van der Waals surface area contributed by atoms with E-state index in [0.717, 1.165) is 64.3 Å². The summed E-state index contributed by atoms with van der Waals surface area (Å²) in [4.78, 5) is 27.9. The Morgan fingerprint density at radius 1 is 1.00 bits per heavy atom. The highest BCUT2D eigenvalue weighted by atomic mass is 16.2. The molecule has 0 radical (unpaired) electrons. The Bertz CT molecular complexity index is 407. The van der Waals surface area contributed by atoms with Crippen molar-refractivity contribution in [2.45, 2.75) is 82.2 Å². The summed E-state index contributed by atoms with van der Waals surface area (Å²) in [6, 6.07) is 0. The zero-order valence-electron chi connectivity index (χ0n) is 12.5. The number of hydrogen-bond donors (Lipinski definition) is 1. The predicted octanol–water partition coefficient (Wildman–Crippen LogP) is 2.37. The van der Waals surface area contributed by atoms with Gasteiger partial charge in [0, 0.05) is 6.54 Å². The highest BCUT2D eigenvalue weighted by Crippen LogP contribution is 2.43. The van der Waals surface area contributed by atoms with Crippen LogP contribution in [0.25, 0.3) is 0 Å². The fraction of sp³-hybridized carbons (Fsp3) is 0.875. The minimum absolute atomic E-state index is 0.132. The molecule has 1 aliphatic heterocycles. The number of nitrogens with zero attached hydrogens (tertiary/aromatic N) is 1. The van der Waals surface area contributed by atoms with Gasteiger partial charge in [-0.25, -0.2) is 0 Å². The van der Waals surface area contributed by atoms with Crippen molar-refractivity contribution in [2.24, 2.45) is 0 Å². The number of amides is 2. The predicted molar refractivity (Wildman–Crippen MR) is 77.2 cm³/mol. The van der Waals surface area contributed by atoms with Crippen molar-refractivity contribution in [3.8, 4) is 0 Å². The zero-order valence-corrected chi connectivity index (χ0v) is 12.5. The summed E-state index contributed by atoms with van der Waals surface area (Å²) in [5, 5.41) is 3.16. The van der Waals surface area contributed by atoms with Gasteiger partial charge in [0.15, 0.2) is 0 Å². The van der Waals surface area contributed by atoms with Crippen LogP contribution in [0.4, 0.5) is 0 Å². The molecule has 3 aliphatic rings. The van der Waals surface area contributed by atoms with E-state index in [1.165, 1.54) is 6.42 Å². The molecule has 0 unspecified atom stereocenters. The third-order valence-electron chi connectivity index (χ3n) is 5.53. The smallest absolute Gasteiger partial charge is 0.249 e. The Morgan fingerprint density at radius 2 is 1.60 bits per heavy atom. The van der Waals surface area contributed by atoms with Crippen molar-refractivity contribution in [1.29, 1.82) is 0 Å². The van der Waals surface area contributed by atoms with Gasteiger partial charge in [0.1, 0.15) is 11.1 Å². The van der Waals surface area contributed by atoms with Gasteiger partial charge >= 0.3 is 0 Å². The number of rotatable bonds is 2. The summed E-state index contributed by atoms with van der Waals surface area (Å²) in [5.74, 6) is 0.338. The minimum Gasteiger partial charge on any atom is -0.340 e. The number of nitrogens with one attached hydrogen (secondary N) is 1. The van der Waals surface area contributed by atoms with Crippen LogP contribution in [0, 0.1) is 0 Å². The molecule has 1 saturated heterocycles. The Hall–Kier alpha value is -1.06. The van der Waals surface area contributed by atoms with E-state index < -0.39 is 11.1 Å².